The van der Waals surface area contributed by atoms with Crippen LogP contribution in [-0.4, -0.2) is 5.78 Å². The second-order valence-corrected chi connectivity index (χ2v) is 9.11. The van der Waals surface area contributed by atoms with Gasteiger partial charge in [-0.2, -0.15) is 0 Å². The Kier molecular flexibility index (Phi) is 24.4. The topological polar surface area (TPSA) is 17.1 Å². The number of rotatable bonds is 24. The maximum atomic E-state index is 11.8. The Hall–Kier alpha value is -0.330. The van der Waals surface area contributed by atoms with Crippen molar-refractivity contribution in [2.75, 3.05) is 0 Å². The van der Waals surface area contributed by atoms with Crippen molar-refractivity contribution in [3.8, 4) is 0 Å². The molecule has 0 aliphatic rings. The molecule has 0 aliphatic carbocycles. The van der Waals surface area contributed by atoms with Crippen molar-refractivity contribution in [2.45, 2.75) is 168 Å². The van der Waals surface area contributed by atoms with E-state index in [-0.39, 0.29) is 0 Å². The van der Waals surface area contributed by atoms with Crippen molar-refractivity contribution in [1.29, 1.82) is 0 Å². The lowest BCUT2D eigenvalue weighted by molar-refractivity contribution is -0.119. The highest BCUT2D eigenvalue weighted by Gasteiger charge is 2.01. The SMILES string of the molecule is CCCCCCCCCCCCCCCCCCCCC(=O)CCCCCC. The normalized spacial score (nSPS) is 11.2. The van der Waals surface area contributed by atoms with Gasteiger partial charge in [-0.3, -0.25) is 4.79 Å². The van der Waals surface area contributed by atoms with Gasteiger partial charge in [0.1, 0.15) is 5.78 Å². The minimum Gasteiger partial charge on any atom is -0.300 e. The fourth-order valence-electron chi connectivity index (χ4n) is 4.10. The first-order chi connectivity index (χ1) is 13.8. The van der Waals surface area contributed by atoms with E-state index in [1.54, 1.807) is 0 Å². The molecule has 0 saturated heterocycles. The number of unbranched alkanes of at least 4 members (excludes halogenated alkanes) is 20. The quantitative estimate of drug-likeness (QED) is 0.149. The van der Waals surface area contributed by atoms with E-state index in [0.29, 0.717) is 5.78 Å². The zero-order valence-electron chi connectivity index (χ0n) is 19.9. The molecule has 0 N–H and O–H groups in total. The van der Waals surface area contributed by atoms with Gasteiger partial charge >= 0.3 is 0 Å². The molecule has 0 spiro atoms. The van der Waals surface area contributed by atoms with Crippen LogP contribution in [0.15, 0.2) is 0 Å². The zero-order chi connectivity index (χ0) is 20.5. The summed E-state index contributed by atoms with van der Waals surface area (Å²) < 4.78 is 0. The van der Waals surface area contributed by atoms with Crippen molar-refractivity contribution in [2.24, 2.45) is 0 Å². The van der Waals surface area contributed by atoms with Crippen LogP contribution in [0.25, 0.3) is 0 Å². The second-order valence-electron chi connectivity index (χ2n) is 9.11. The first-order valence-corrected chi connectivity index (χ1v) is 13.3. The predicted octanol–water partition coefficient (Wildman–Crippen LogP) is 9.96. The average Bonchev–Trinajstić information content (AvgIpc) is 2.70. The van der Waals surface area contributed by atoms with E-state index in [0.717, 1.165) is 25.7 Å². The van der Waals surface area contributed by atoms with E-state index in [4.69, 9.17) is 0 Å². The highest BCUT2D eigenvalue weighted by Crippen LogP contribution is 2.15. The largest absolute Gasteiger partial charge is 0.300 e. The molecule has 0 aromatic rings. The van der Waals surface area contributed by atoms with Crippen LogP contribution in [0.2, 0.25) is 0 Å². The van der Waals surface area contributed by atoms with Crippen LogP contribution >= 0.6 is 0 Å². The number of carbonyl (C=O) groups excluding carboxylic acids is 1. The van der Waals surface area contributed by atoms with Gasteiger partial charge in [-0.1, -0.05) is 142 Å². The molecule has 0 aromatic heterocycles. The molecule has 1 heteroatoms. The predicted molar refractivity (Wildman–Crippen MR) is 127 cm³/mol. The van der Waals surface area contributed by atoms with E-state index in [1.807, 2.05) is 0 Å². The summed E-state index contributed by atoms with van der Waals surface area (Å²) in [6.45, 7) is 4.51. The summed E-state index contributed by atoms with van der Waals surface area (Å²) in [6, 6.07) is 0. The molecule has 0 aromatic carbocycles. The van der Waals surface area contributed by atoms with Crippen LogP contribution in [0.5, 0.6) is 0 Å². The maximum Gasteiger partial charge on any atom is 0.132 e. The van der Waals surface area contributed by atoms with Gasteiger partial charge in [-0.15, -0.1) is 0 Å². The average molecular weight is 395 g/mol. The fraction of sp³-hybridized carbons (Fsp3) is 0.963. The van der Waals surface area contributed by atoms with Crippen LogP contribution in [0.3, 0.4) is 0 Å². The lowest BCUT2D eigenvalue weighted by Crippen LogP contribution is -1.97. The molecule has 0 radical (unpaired) electrons. The van der Waals surface area contributed by atoms with Gasteiger partial charge in [0.2, 0.25) is 0 Å². The monoisotopic (exact) mass is 394 g/mol. The van der Waals surface area contributed by atoms with E-state index >= 15 is 0 Å². The first-order valence-electron chi connectivity index (χ1n) is 13.3. The molecule has 0 unspecified atom stereocenters. The third kappa shape index (κ3) is 23.7. The molecule has 0 aliphatic heterocycles. The third-order valence-electron chi connectivity index (χ3n) is 6.12. The molecule has 0 atom stereocenters. The molecule has 0 fully saturated rings. The minimum atomic E-state index is 0.507. The van der Waals surface area contributed by atoms with E-state index in [9.17, 15) is 4.79 Å². The summed E-state index contributed by atoms with van der Waals surface area (Å²) in [7, 11) is 0. The summed E-state index contributed by atoms with van der Waals surface area (Å²) in [4.78, 5) is 11.8. The van der Waals surface area contributed by atoms with Crippen LogP contribution in [0.4, 0.5) is 0 Å². The highest BCUT2D eigenvalue weighted by atomic mass is 16.1. The Bertz CT molecular complexity index is 297. The number of hydrogen-bond acceptors (Lipinski definition) is 1. The first kappa shape index (κ1) is 27.7. The Morgan fingerprint density at radius 1 is 0.357 bits per heavy atom. The van der Waals surface area contributed by atoms with Crippen LogP contribution < -0.4 is 0 Å². The summed E-state index contributed by atoms with van der Waals surface area (Å²) >= 11 is 0. The molecular formula is C27H54O. The standard InChI is InChI=1S/C27H54O/c1-3-5-7-9-10-11-12-13-14-15-16-17-18-19-20-21-22-24-26-27(28)25-23-8-6-4-2/h3-26H2,1-2H3. The second kappa shape index (κ2) is 24.7. The smallest absolute Gasteiger partial charge is 0.132 e. The molecule has 28 heavy (non-hydrogen) atoms. The molecule has 0 saturated carbocycles. The lowest BCUT2D eigenvalue weighted by atomic mass is 10.0. The van der Waals surface area contributed by atoms with Crippen LogP contribution in [0.1, 0.15) is 168 Å². The summed E-state index contributed by atoms with van der Waals surface area (Å²) in [5.74, 6) is 0.507. The van der Waals surface area contributed by atoms with Crippen LogP contribution in [0, 0.1) is 0 Å². The molecule has 0 amide bonds. The number of ketones is 1. The van der Waals surface area contributed by atoms with Crippen molar-refractivity contribution >= 4 is 5.78 Å². The van der Waals surface area contributed by atoms with Crippen LogP contribution in [-0.2, 0) is 4.79 Å². The molecular weight excluding hydrogens is 340 g/mol. The molecule has 1 nitrogen and oxygen atoms in total. The molecule has 0 heterocycles. The van der Waals surface area contributed by atoms with Crippen molar-refractivity contribution in [3.63, 3.8) is 0 Å². The van der Waals surface area contributed by atoms with Gasteiger partial charge in [0.15, 0.2) is 0 Å². The number of Topliss-reactive ketones (excluding diaryl/α,β-unsaturated/α-hetero) is 1. The van der Waals surface area contributed by atoms with Gasteiger partial charge in [-0.25, -0.2) is 0 Å². The van der Waals surface area contributed by atoms with E-state index < -0.39 is 0 Å². The maximum absolute atomic E-state index is 11.8. The Labute approximate surface area is 178 Å². The Morgan fingerprint density at radius 2 is 0.571 bits per heavy atom. The van der Waals surface area contributed by atoms with Gasteiger partial charge < -0.3 is 0 Å². The minimum absolute atomic E-state index is 0.507. The Morgan fingerprint density at radius 3 is 0.857 bits per heavy atom. The molecule has 0 rings (SSSR count). The number of hydrogen-bond donors (Lipinski definition) is 0. The van der Waals surface area contributed by atoms with Gasteiger partial charge in [0, 0.05) is 12.8 Å². The van der Waals surface area contributed by atoms with Gasteiger partial charge in [0.05, 0.1) is 0 Å². The van der Waals surface area contributed by atoms with E-state index in [1.165, 1.54) is 128 Å². The lowest BCUT2D eigenvalue weighted by Gasteiger charge is -2.04. The van der Waals surface area contributed by atoms with Crippen molar-refractivity contribution in [3.05, 3.63) is 0 Å². The zero-order valence-corrected chi connectivity index (χ0v) is 19.9. The summed E-state index contributed by atoms with van der Waals surface area (Å²) in [5.41, 5.74) is 0. The molecule has 168 valence electrons. The highest BCUT2D eigenvalue weighted by molar-refractivity contribution is 5.78. The van der Waals surface area contributed by atoms with Gasteiger partial charge in [-0.05, 0) is 12.8 Å². The van der Waals surface area contributed by atoms with Crippen molar-refractivity contribution < 1.29 is 4.79 Å². The number of carbonyl (C=O) groups is 1. The Balaban J connectivity index is 3.07. The van der Waals surface area contributed by atoms with E-state index in [2.05, 4.69) is 13.8 Å². The fourth-order valence-corrected chi connectivity index (χ4v) is 4.10. The van der Waals surface area contributed by atoms with Crippen molar-refractivity contribution in [1.82, 2.24) is 0 Å². The summed E-state index contributed by atoms with van der Waals surface area (Å²) in [5, 5.41) is 0. The summed E-state index contributed by atoms with van der Waals surface area (Å²) in [6.07, 6.45) is 31.9. The third-order valence-corrected chi connectivity index (χ3v) is 6.12. The van der Waals surface area contributed by atoms with Gasteiger partial charge in [0.25, 0.3) is 0 Å². The molecule has 0 bridgehead atoms.